The molecule has 9 heteroatoms. The van der Waals surface area contributed by atoms with Gasteiger partial charge in [-0.15, -0.1) is 5.10 Å². The Balaban J connectivity index is 2.22. The van der Waals surface area contributed by atoms with Crippen LogP contribution in [0.2, 0.25) is 0 Å². The second kappa shape index (κ2) is 5.84. The van der Waals surface area contributed by atoms with Gasteiger partial charge in [-0.1, -0.05) is 11.8 Å². The number of nitrogens with one attached hydrogen (secondary N) is 1. The Morgan fingerprint density at radius 3 is 2.67 bits per heavy atom. The van der Waals surface area contributed by atoms with E-state index in [1.54, 1.807) is 0 Å². The summed E-state index contributed by atoms with van der Waals surface area (Å²) in [6.45, 7) is 1.23. The maximum Gasteiger partial charge on any atom is 0.416 e. The third-order valence-corrected chi connectivity index (χ3v) is 3.44. The number of halogens is 4. The molecule has 112 valence electrons. The molecular formula is C12H9F4N3OS. The molecule has 4 nitrogen and oxygen atoms in total. The average Bonchev–Trinajstić information content (AvgIpc) is 2.77. The Kier molecular flexibility index (Phi) is 4.31. The van der Waals surface area contributed by atoms with Gasteiger partial charge >= 0.3 is 6.18 Å². The molecule has 1 heterocycles. The number of nitrogens with zero attached hydrogens (tertiary/aromatic N) is 2. The Morgan fingerprint density at radius 2 is 2.10 bits per heavy atom. The lowest BCUT2D eigenvalue weighted by Gasteiger charge is -2.11. The predicted octanol–water partition coefficient (Wildman–Crippen LogP) is 2.71. The molecule has 1 fully saturated rings. The summed E-state index contributed by atoms with van der Waals surface area (Å²) in [7, 11) is 0. The SMILES string of the molecule is Cc1cc(C=NN=C2NC(=O)CS2)c(F)cc1C(F)(F)F. The summed E-state index contributed by atoms with van der Waals surface area (Å²) < 4.78 is 51.4. The van der Waals surface area contributed by atoms with Crippen molar-refractivity contribution >= 4 is 29.1 Å². The van der Waals surface area contributed by atoms with E-state index in [1.807, 2.05) is 0 Å². The number of hydrogen-bond donors (Lipinski definition) is 1. The fourth-order valence-electron chi connectivity index (χ4n) is 1.63. The zero-order valence-electron chi connectivity index (χ0n) is 10.7. The molecule has 0 radical (unpaired) electrons. The zero-order chi connectivity index (χ0) is 15.6. The minimum atomic E-state index is -4.61. The van der Waals surface area contributed by atoms with Gasteiger partial charge in [-0.2, -0.15) is 18.3 Å². The molecule has 1 amide bonds. The number of amides is 1. The lowest BCUT2D eigenvalue weighted by atomic mass is 10.0. The number of carbonyl (C=O) groups excluding carboxylic acids is 1. The van der Waals surface area contributed by atoms with Crippen LogP contribution in [0.4, 0.5) is 17.6 Å². The van der Waals surface area contributed by atoms with Gasteiger partial charge in [0, 0.05) is 5.56 Å². The highest BCUT2D eigenvalue weighted by molar-refractivity contribution is 8.15. The minimum absolute atomic E-state index is 0.110. The third kappa shape index (κ3) is 3.81. The first-order valence-electron chi connectivity index (χ1n) is 5.68. The number of carbonyl (C=O) groups is 1. The van der Waals surface area contributed by atoms with E-state index in [9.17, 15) is 22.4 Å². The zero-order valence-corrected chi connectivity index (χ0v) is 11.5. The van der Waals surface area contributed by atoms with Crippen molar-refractivity contribution in [1.82, 2.24) is 5.32 Å². The van der Waals surface area contributed by atoms with E-state index in [2.05, 4.69) is 15.5 Å². The second-order valence-electron chi connectivity index (χ2n) is 4.17. The summed E-state index contributed by atoms with van der Waals surface area (Å²) in [6, 6.07) is 1.47. The van der Waals surface area contributed by atoms with Crippen LogP contribution in [0.1, 0.15) is 16.7 Å². The highest BCUT2D eigenvalue weighted by atomic mass is 32.2. The molecular weight excluding hydrogens is 310 g/mol. The number of thioether (sulfide) groups is 1. The van der Waals surface area contributed by atoms with E-state index in [0.717, 1.165) is 24.0 Å². The Bertz CT molecular complexity index is 640. The number of amidine groups is 1. The van der Waals surface area contributed by atoms with E-state index >= 15 is 0 Å². The monoisotopic (exact) mass is 319 g/mol. The molecule has 1 aromatic rings. The van der Waals surface area contributed by atoms with Crippen molar-refractivity contribution in [3.63, 3.8) is 0 Å². The van der Waals surface area contributed by atoms with Crippen molar-refractivity contribution in [3.05, 3.63) is 34.6 Å². The molecule has 0 atom stereocenters. The number of hydrogen-bond acceptors (Lipinski definition) is 4. The molecule has 0 bridgehead atoms. The lowest BCUT2D eigenvalue weighted by molar-refractivity contribution is -0.138. The molecule has 0 unspecified atom stereocenters. The van der Waals surface area contributed by atoms with Gasteiger partial charge in [-0.3, -0.25) is 4.79 Å². The van der Waals surface area contributed by atoms with Gasteiger partial charge in [0.2, 0.25) is 5.91 Å². The van der Waals surface area contributed by atoms with Crippen LogP contribution >= 0.6 is 11.8 Å². The fraction of sp³-hybridized carbons (Fsp3) is 0.250. The molecule has 1 aliphatic rings. The third-order valence-electron chi connectivity index (χ3n) is 2.58. The van der Waals surface area contributed by atoms with E-state index in [-0.39, 0.29) is 28.0 Å². The van der Waals surface area contributed by atoms with E-state index < -0.39 is 17.6 Å². The molecule has 1 aromatic carbocycles. The first kappa shape index (κ1) is 15.5. The number of aryl methyl sites for hydroxylation is 1. The van der Waals surface area contributed by atoms with Gasteiger partial charge in [0.25, 0.3) is 0 Å². The van der Waals surface area contributed by atoms with Crippen molar-refractivity contribution in [2.24, 2.45) is 10.2 Å². The first-order valence-corrected chi connectivity index (χ1v) is 6.67. The largest absolute Gasteiger partial charge is 0.416 e. The summed E-state index contributed by atoms with van der Waals surface area (Å²) >= 11 is 1.13. The van der Waals surface area contributed by atoms with Crippen LogP contribution in [-0.2, 0) is 11.0 Å². The van der Waals surface area contributed by atoms with Crippen LogP contribution in [0, 0.1) is 12.7 Å². The van der Waals surface area contributed by atoms with E-state index in [0.29, 0.717) is 6.07 Å². The highest BCUT2D eigenvalue weighted by Crippen LogP contribution is 2.32. The van der Waals surface area contributed by atoms with Crippen LogP contribution < -0.4 is 5.32 Å². The molecule has 1 N–H and O–H groups in total. The Hall–Kier alpha value is -1.90. The van der Waals surface area contributed by atoms with Crippen LogP contribution in [0.15, 0.2) is 22.3 Å². The van der Waals surface area contributed by atoms with Crippen LogP contribution in [0.5, 0.6) is 0 Å². The van der Waals surface area contributed by atoms with Crippen LogP contribution in [0.25, 0.3) is 0 Å². The van der Waals surface area contributed by atoms with Gasteiger partial charge in [0.15, 0.2) is 5.17 Å². The standard InChI is InChI=1S/C12H9F4N3OS/c1-6-2-7(9(13)3-8(6)12(14,15)16)4-17-19-11-18-10(20)5-21-11/h2-4H,5H2,1H3,(H,18,19,20). The smallest absolute Gasteiger partial charge is 0.303 e. The van der Waals surface area contributed by atoms with Gasteiger partial charge in [0.05, 0.1) is 17.5 Å². The number of benzene rings is 1. The van der Waals surface area contributed by atoms with Gasteiger partial charge < -0.3 is 5.32 Å². The number of alkyl halides is 3. The predicted molar refractivity (Wildman–Crippen MR) is 71.8 cm³/mol. The quantitative estimate of drug-likeness (QED) is 0.518. The molecule has 0 saturated carbocycles. The maximum absolute atomic E-state index is 13.6. The Labute approximate surface area is 121 Å². The van der Waals surface area contributed by atoms with Crippen molar-refractivity contribution < 1.29 is 22.4 Å². The second-order valence-corrected chi connectivity index (χ2v) is 5.14. The van der Waals surface area contributed by atoms with E-state index in [4.69, 9.17) is 0 Å². The molecule has 0 aromatic heterocycles. The molecule has 2 rings (SSSR count). The van der Waals surface area contributed by atoms with Crippen LogP contribution in [-0.4, -0.2) is 23.0 Å². The molecule has 0 spiro atoms. The highest BCUT2D eigenvalue weighted by Gasteiger charge is 2.33. The van der Waals surface area contributed by atoms with Crippen molar-refractivity contribution in [2.45, 2.75) is 13.1 Å². The van der Waals surface area contributed by atoms with Gasteiger partial charge in [-0.25, -0.2) is 4.39 Å². The minimum Gasteiger partial charge on any atom is -0.303 e. The van der Waals surface area contributed by atoms with E-state index in [1.165, 1.54) is 6.92 Å². The van der Waals surface area contributed by atoms with Crippen molar-refractivity contribution in [1.29, 1.82) is 0 Å². The molecule has 1 aliphatic heterocycles. The molecule has 1 saturated heterocycles. The van der Waals surface area contributed by atoms with Gasteiger partial charge in [0.1, 0.15) is 5.82 Å². The first-order chi connectivity index (χ1) is 9.77. The summed E-state index contributed by atoms with van der Waals surface area (Å²) in [4.78, 5) is 10.9. The van der Waals surface area contributed by atoms with Gasteiger partial charge in [-0.05, 0) is 24.6 Å². The van der Waals surface area contributed by atoms with Crippen LogP contribution in [0.3, 0.4) is 0 Å². The summed E-state index contributed by atoms with van der Waals surface area (Å²) in [6.07, 6.45) is -3.61. The maximum atomic E-state index is 13.6. The van der Waals surface area contributed by atoms with Crippen molar-refractivity contribution in [3.8, 4) is 0 Å². The summed E-state index contributed by atoms with van der Waals surface area (Å²) in [5.41, 5.74) is -1.25. The normalized spacial score (nSPS) is 17.8. The molecule has 0 aliphatic carbocycles. The molecule has 21 heavy (non-hydrogen) atoms. The fourth-order valence-corrected chi connectivity index (χ4v) is 2.26. The average molecular weight is 319 g/mol. The topological polar surface area (TPSA) is 53.8 Å². The lowest BCUT2D eigenvalue weighted by Crippen LogP contribution is -2.19. The van der Waals surface area contributed by atoms with Crippen molar-refractivity contribution in [2.75, 3.05) is 5.75 Å². The number of rotatable bonds is 2. The Morgan fingerprint density at radius 1 is 1.38 bits per heavy atom. The summed E-state index contributed by atoms with van der Waals surface area (Å²) in [5, 5.41) is 9.87. The summed E-state index contributed by atoms with van der Waals surface area (Å²) in [5.74, 6) is -1.03.